The Morgan fingerprint density at radius 2 is 1.50 bits per heavy atom. The Bertz CT molecular complexity index is 43.0. The van der Waals surface area contributed by atoms with Gasteiger partial charge in [0.1, 0.15) is 0 Å². The van der Waals surface area contributed by atoms with Gasteiger partial charge in [-0.3, -0.25) is 0 Å². The SMILES string of the molecule is NC(N)=O.[AlH3].[H-].[H-].[Mg+2]. The molecule has 6 heavy (non-hydrogen) atoms. The van der Waals surface area contributed by atoms with Crippen molar-refractivity contribution in [2.24, 2.45) is 11.5 Å². The van der Waals surface area contributed by atoms with E-state index in [9.17, 15) is 0 Å². The van der Waals surface area contributed by atoms with Gasteiger partial charge in [0.15, 0.2) is 17.4 Å². The Labute approximate surface area is 65.7 Å². The molecule has 0 atom stereocenters. The predicted molar refractivity (Wildman–Crippen MR) is 31.7 cm³/mol. The Balaban J connectivity index is -0.00000000750. The van der Waals surface area contributed by atoms with Crippen molar-refractivity contribution < 1.29 is 7.65 Å². The van der Waals surface area contributed by atoms with Crippen molar-refractivity contribution in [1.29, 1.82) is 0 Å². The molecule has 2 amide bonds. The van der Waals surface area contributed by atoms with Crippen LogP contribution in [0.4, 0.5) is 4.79 Å². The van der Waals surface area contributed by atoms with E-state index in [4.69, 9.17) is 4.79 Å². The quantitative estimate of drug-likeness (QED) is 0.343. The molecule has 0 aliphatic heterocycles. The van der Waals surface area contributed by atoms with Crippen molar-refractivity contribution >= 4 is 46.4 Å². The van der Waals surface area contributed by atoms with Gasteiger partial charge in [-0.1, -0.05) is 0 Å². The molecule has 4 N–H and O–H groups in total. The molecule has 0 unspecified atom stereocenters. The Morgan fingerprint density at radius 3 is 1.50 bits per heavy atom. The maximum atomic E-state index is 9.00. The van der Waals surface area contributed by atoms with Crippen molar-refractivity contribution in [2.45, 2.75) is 0 Å². The number of hydrogen-bond donors (Lipinski definition) is 2. The number of amides is 2. The molecule has 0 heterocycles. The van der Waals surface area contributed by atoms with E-state index in [1.165, 1.54) is 0 Å². The first kappa shape index (κ1) is 16.0. The van der Waals surface area contributed by atoms with Crippen LogP contribution >= 0.6 is 0 Å². The number of hydrogen-bond acceptors (Lipinski definition) is 1. The van der Waals surface area contributed by atoms with Gasteiger partial charge < -0.3 is 14.3 Å². The Hall–Kier alpha value is 0.569. The maximum Gasteiger partial charge on any atom is 2.00 e. The third-order valence-electron chi connectivity index (χ3n) is 0. The summed E-state index contributed by atoms with van der Waals surface area (Å²) < 4.78 is 0. The van der Waals surface area contributed by atoms with E-state index in [1.807, 2.05) is 0 Å². The molecule has 0 radical (unpaired) electrons. The summed E-state index contributed by atoms with van der Waals surface area (Å²) in [5.41, 5.74) is 8.50. The zero-order chi connectivity index (χ0) is 3.58. The van der Waals surface area contributed by atoms with Crippen molar-refractivity contribution in [3.63, 3.8) is 0 Å². The van der Waals surface area contributed by atoms with Crippen LogP contribution in [0.5, 0.6) is 0 Å². The van der Waals surface area contributed by atoms with Crippen LogP contribution in [-0.4, -0.2) is 46.4 Å². The van der Waals surface area contributed by atoms with Crippen LogP contribution in [0.25, 0.3) is 0 Å². The van der Waals surface area contributed by atoms with Gasteiger partial charge in [0, 0.05) is 0 Å². The van der Waals surface area contributed by atoms with E-state index >= 15 is 0 Å². The molecule has 0 bridgehead atoms. The van der Waals surface area contributed by atoms with Gasteiger partial charge >= 0.3 is 29.1 Å². The number of primary amides is 2. The summed E-state index contributed by atoms with van der Waals surface area (Å²) in [7, 11) is 0. The molecule has 0 aromatic rings. The van der Waals surface area contributed by atoms with Gasteiger partial charge in [0.05, 0.1) is 0 Å². The van der Waals surface area contributed by atoms with Gasteiger partial charge in [0.2, 0.25) is 0 Å². The average Bonchev–Trinajstić information content (AvgIpc) is 0.811. The van der Waals surface area contributed by atoms with Gasteiger partial charge in [-0.25, -0.2) is 4.79 Å². The summed E-state index contributed by atoms with van der Waals surface area (Å²) in [6, 6.07) is -0.833. The van der Waals surface area contributed by atoms with Crippen molar-refractivity contribution in [3.8, 4) is 0 Å². The van der Waals surface area contributed by atoms with E-state index in [1.54, 1.807) is 0 Å². The second-order valence-corrected chi connectivity index (χ2v) is 0.402. The molecule has 0 saturated heterocycles. The van der Waals surface area contributed by atoms with Crippen LogP contribution in [0.2, 0.25) is 0 Å². The molecule has 0 aromatic heterocycles. The summed E-state index contributed by atoms with van der Waals surface area (Å²) in [5, 5.41) is 0. The minimum absolute atomic E-state index is 0. The normalized spacial score (nSPS) is 4.00. The first-order chi connectivity index (χ1) is 1.73. The van der Waals surface area contributed by atoms with Crippen LogP contribution < -0.4 is 11.5 Å². The van der Waals surface area contributed by atoms with Crippen molar-refractivity contribution in [2.75, 3.05) is 0 Å². The maximum absolute atomic E-state index is 9.00. The van der Waals surface area contributed by atoms with Gasteiger partial charge in [-0.2, -0.15) is 0 Å². The smallest absolute Gasteiger partial charge is 1.00 e. The molecule has 0 fully saturated rings. The fourth-order valence-corrected chi connectivity index (χ4v) is 0. The molecule has 34 valence electrons. The van der Waals surface area contributed by atoms with Crippen LogP contribution in [0.15, 0.2) is 0 Å². The fraction of sp³-hybridized carbons (Fsp3) is 0. The Kier molecular flexibility index (Phi) is 24.3. The van der Waals surface area contributed by atoms with Gasteiger partial charge in [-0.05, 0) is 0 Å². The average molecular weight is 116 g/mol. The molecule has 5 heteroatoms. The van der Waals surface area contributed by atoms with Gasteiger partial charge in [-0.15, -0.1) is 0 Å². The summed E-state index contributed by atoms with van der Waals surface area (Å²) in [6.45, 7) is 0. The summed E-state index contributed by atoms with van der Waals surface area (Å²) in [6.07, 6.45) is 0. The van der Waals surface area contributed by atoms with E-state index < -0.39 is 6.03 Å². The molecule has 0 saturated carbocycles. The third-order valence-corrected chi connectivity index (χ3v) is 0. The zero-order valence-electron chi connectivity index (χ0n) is 4.77. The number of rotatable bonds is 0. The zero-order valence-corrected chi connectivity index (χ0v) is 4.18. The second-order valence-electron chi connectivity index (χ2n) is 0.402. The largest absolute Gasteiger partial charge is 2.00 e. The minimum atomic E-state index is -0.833. The van der Waals surface area contributed by atoms with E-state index in [0.29, 0.717) is 0 Å². The van der Waals surface area contributed by atoms with Gasteiger partial charge in [0.25, 0.3) is 0 Å². The number of carbonyl (C=O) groups excluding carboxylic acids is 1. The van der Waals surface area contributed by atoms with Crippen LogP contribution in [0, 0.1) is 0 Å². The second kappa shape index (κ2) is 9.13. The molecular weight excluding hydrogens is 107 g/mol. The van der Waals surface area contributed by atoms with E-state index in [0.717, 1.165) is 0 Å². The first-order valence-corrected chi connectivity index (χ1v) is 0.781. The van der Waals surface area contributed by atoms with Crippen LogP contribution in [0.1, 0.15) is 2.85 Å². The monoisotopic (exact) mass is 116 g/mol. The summed E-state index contributed by atoms with van der Waals surface area (Å²) >= 11 is 0. The fourth-order valence-electron chi connectivity index (χ4n) is 0. The topological polar surface area (TPSA) is 69.1 Å². The van der Waals surface area contributed by atoms with E-state index in [-0.39, 0.29) is 43.3 Å². The molecule has 0 rings (SSSR count). The third kappa shape index (κ3) is 180. The summed E-state index contributed by atoms with van der Waals surface area (Å²) in [5.74, 6) is 0. The summed E-state index contributed by atoms with van der Waals surface area (Å²) in [4.78, 5) is 9.00. The number of nitrogens with two attached hydrogens (primary N) is 2. The first-order valence-electron chi connectivity index (χ1n) is 0.781. The molecule has 0 spiro atoms. The van der Waals surface area contributed by atoms with Crippen LogP contribution in [-0.2, 0) is 0 Å². The van der Waals surface area contributed by atoms with Crippen molar-refractivity contribution in [1.82, 2.24) is 0 Å². The number of carbonyl (C=O) groups is 1. The predicted octanol–water partition coefficient (Wildman–Crippen LogP) is -2.32. The molecule has 0 aliphatic rings. The van der Waals surface area contributed by atoms with Crippen LogP contribution in [0.3, 0.4) is 0 Å². The van der Waals surface area contributed by atoms with Crippen molar-refractivity contribution in [3.05, 3.63) is 0 Å². The van der Waals surface area contributed by atoms with E-state index in [2.05, 4.69) is 11.5 Å². The molecule has 0 aromatic carbocycles. The molecule has 3 nitrogen and oxygen atoms in total. The molecule has 0 aliphatic carbocycles. The Morgan fingerprint density at radius 1 is 1.50 bits per heavy atom. The molecular formula is CH9AlMgN2O. The minimum Gasteiger partial charge on any atom is -1.00 e. The number of urea groups is 1. The standard InChI is InChI=1S/CH4N2O.Al.Mg.5H/c2-1(3)4;;;;;;;/h(H4,2,3,4);;;;;;;/q;;+2;;;;2*-1.